The zero-order valence-electron chi connectivity index (χ0n) is 15.4. The van der Waals surface area contributed by atoms with E-state index in [0.29, 0.717) is 15.7 Å². The average Bonchev–Trinajstić information content (AvgIpc) is 3.18. The van der Waals surface area contributed by atoms with Gasteiger partial charge in [-0.2, -0.15) is 9.61 Å². The maximum Gasteiger partial charge on any atom is 0.308 e. The van der Waals surface area contributed by atoms with Crippen LogP contribution in [0.4, 0.5) is 0 Å². The molecule has 3 heterocycles. The number of aromatic nitrogens is 3. The van der Waals surface area contributed by atoms with Crippen molar-refractivity contribution in [3.05, 3.63) is 27.1 Å². The Kier molecular flexibility index (Phi) is 4.96. The molecule has 0 spiro atoms. The van der Waals surface area contributed by atoms with Crippen LogP contribution in [-0.4, -0.2) is 43.8 Å². The van der Waals surface area contributed by atoms with Crippen LogP contribution in [-0.2, 0) is 25.7 Å². The first kappa shape index (κ1) is 18.7. The van der Waals surface area contributed by atoms with Crippen molar-refractivity contribution in [2.45, 2.75) is 45.6 Å². The molecule has 28 heavy (non-hydrogen) atoms. The van der Waals surface area contributed by atoms with Crippen LogP contribution in [0.25, 0.3) is 4.96 Å². The number of ether oxygens (including phenoxy) is 1. The lowest BCUT2D eigenvalue weighted by Crippen LogP contribution is -2.33. The minimum Gasteiger partial charge on any atom is -0.458 e. The Morgan fingerprint density at radius 2 is 1.89 bits per heavy atom. The highest BCUT2D eigenvalue weighted by molar-refractivity contribution is 7.16. The number of nitrogens with zero attached hydrogens (tertiary/aromatic N) is 4. The summed E-state index contributed by atoms with van der Waals surface area (Å²) in [6, 6.07) is 1.38. The summed E-state index contributed by atoms with van der Waals surface area (Å²) < 4.78 is 6.36. The Morgan fingerprint density at radius 1 is 1.21 bits per heavy atom. The van der Waals surface area contributed by atoms with E-state index in [2.05, 4.69) is 10.1 Å². The molecule has 2 aromatic rings. The van der Waals surface area contributed by atoms with Gasteiger partial charge in [0.15, 0.2) is 5.01 Å². The van der Waals surface area contributed by atoms with Crippen molar-refractivity contribution < 1.29 is 19.1 Å². The van der Waals surface area contributed by atoms with Gasteiger partial charge in [0.1, 0.15) is 6.61 Å². The summed E-state index contributed by atoms with van der Waals surface area (Å²) in [5.74, 6) is -1.27. The molecule has 1 saturated heterocycles. The molecule has 0 bridgehead atoms. The third-order valence-corrected chi connectivity index (χ3v) is 6.13. The quantitative estimate of drug-likeness (QED) is 0.541. The first-order valence-electron chi connectivity index (χ1n) is 9.31. The van der Waals surface area contributed by atoms with Crippen molar-refractivity contribution in [3.63, 3.8) is 0 Å². The van der Waals surface area contributed by atoms with Gasteiger partial charge >= 0.3 is 5.97 Å². The number of esters is 1. The van der Waals surface area contributed by atoms with Crippen LogP contribution in [0.5, 0.6) is 0 Å². The van der Waals surface area contributed by atoms with Crippen LogP contribution in [0, 0.1) is 18.8 Å². The van der Waals surface area contributed by atoms with E-state index < -0.39 is 5.97 Å². The average molecular weight is 404 g/mol. The molecular weight excluding hydrogens is 384 g/mol. The van der Waals surface area contributed by atoms with Crippen molar-refractivity contribution in [1.29, 1.82) is 0 Å². The van der Waals surface area contributed by atoms with E-state index in [9.17, 15) is 19.2 Å². The summed E-state index contributed by atoms with van der Waals surface area (Å²) in [5.41, 5.74) is 0.307. The molecule has 0 N–H and O–H groups in total. The van der Waals surface area contributed by atoms with E-state index in [1.807, 2.05) is 0 Å². The maximum atomic E-state index is 12.4. The van der Waals surface area contributed by atoms with Crippen LogP contribution in [0.1, 0.15) is 42.8 Å². The normalized spacial score (nSPS) is 22.0. The van der Waals surface area contributed by atoms with Crippen LogP contribution in [0.2, 0.25) is 0 Å². The van der Waals surface area contributed by atoms with Crippen molar-refractivity contribution in [3.8, 4) is 0 Å². The standard InChI is InChI=1S/C18H20N4O5S/c1-10-8-14(23)22-18(19-10)28-13(20-22)9-27-15(24)6-7-21-16(25)11-4-2-3-5-12(11)17(21)26/h8,11-12H,2-7,9H2,1H3/t11-,12+. The van der Waals surface area contributed by atoms with Gasteiger partial charge in [-0.15, -0.1) is 0 Å². The number of likely N-dealkylation sites (tertiary alicyclic amines) is 1. The molecule has 2 amide bonds. The third-order valence-electron chi connectivity index (χ3n) is 5.24. The lowest BCUT2D eigenvalue weighted by Gasteiger charge is -2.19. The monoisotopic (exact) mass is 404 g/mol. The van der Waals surface area contributed by atoms with Crippen LogP contribution < -0.4 is 5.56 Å². The number of imide groups is 1. The number of fused-ring (bicyclic) bond motifs is 2. The van der Waals surface area contributed by atoms with Crippen LogP contribution in [0.3, 0.4) is 0 Å². The molecule has 2 aliphatic rings. The van der Waals surface area contributed by atoms with Crippen LogP contribution >= 0.6 is 11.3 Å². The van der Waals surface area contributed by atoms with Gasteiger partial charge in [-0.25, -0.2) is 4.98 Å². The van der Waals surface area contributed by atoms with Gasteiger partial charge in [0, 0.05) is 18.3 Å². The summed E-state index contributed by atoms with van der Waals surface area (Å²) in [7, 11) is 0. The van der Waals surface area contributed by atoms with E-state index in [4.69, 9.17) is 4.74 Å². The van der Waals surface area contributed by atoms with Crippen molar-refractivity contribution in [2.24, 2.45) is 11.8 Å². The molecule has 0 aromatic carbocycles. The zero-order chi connectivity index (χ0) is 19.8. The van der Waals surface area contributed by atoms with Crippen molar-refractivity contribution >= 4 is 34.1 Å². The van der Waals surface area contributed by atoms with Gasteiger partial charge in [0.2, 0.25) is 16.8 Å². The van der Waals surface area contributed by atoms with Crippen molar-refractivity contribution in [1.82, 2.24) is 19.5 Å². The van der Waals surface area contributed by atoms with Gasteiger partial charge < -0.3 is 4.74 Å². The second-order valence-electron chi connectivity index (χ2n) is 7.16. The lowest BCUT2D eigenvalue weighted by molar-refractivity contribution is -0.146. The van der Waals surface area contributed by atoms with Gasteiger partial charge in [0.25, 0.3) is 5.56 Å². The predicted octanol–water partition coefficient (Wildman–Crippen LogP) is 1.07. The van der Waals surface area contributed by atoms with Crippen LogP contribution in [0.15, 0.2) is 10.9 Å². The van der Waals surface area contributed by atoms with Crippen molar-refractivity contribution in [2.75, 3.05) is 6.54 Å². The number of rotatable bonds is 5. The molecule has 1 aliphatic carbocycles. The molecule has 2 fully saturated rings. The van der Waals surface area contributed by atoms with Gasteiger partial charge in [0.05, 0.1) is 18.3 Å². The molecule has 148 valence electrons. The summed E-state index contributed by atoms with van der Waals surface area (Å²) in [6.45, 7) is 1.68. The van der Waals surface area contributed by atoms with E-state index in [-0.39, 0.29) is 48.8 Å². The fourth-order valence-corrected chi connectivity index (χ4v) is 4.75. The summed E-state index contributed by atoms with van der Waals surface area (Å²) in [6.07, 6.45) is 3.38. The molecule has 0 unspecified atom stereocenters. The Morgan fingerprint density at radius 3 is 2.57 bits per heavy atom. The largest absolute Gasteiger partial charge is 0.458 e. The smallest absolute Gasteiger partial charge is 0.308 e. The topological polar surface area (TPSA) is 111 Å². The molecule has 1 saturated carbocycles. The van der Waals surface area contributed by atoms with E-state index in [1.165, 1.54) is 26.8 Å². The van der Waals surface area contributed by atoms with E-state index >= 15 is 0 Å². The van der Waals surface area contributed by atoms with Gasteiger partial charge in [-0.05, 0) is 19.8 Å². The lowest BCUT2D eigenvalue weighted by atomic mass is 9.81. The minimum absolute atomic E-state index is 0.0452. The third kappa shape index (κ3) is 3.44. The number of hydrogen-bond acceptors (Lipinski definition) is 8. The Balaban J connectivity index is 1.33. The Bertz CT molecular complexity index is 989. The molecule has 4 rings (SSSR count). The molecular formula is C18H20N4O5S. The Hall–Kier alpha value is -2.62. The number of hydrogen-bond donors (Lipinski definition) is 0. The highest BCUT2D eigenvalue weighted by Crippen LogP contribution is 2.37. The summed E-state index contributed by atoms with van der Waals surface area (Å²) in [4.78, 5) is 54.6. The molecule has 0 radical (unpaired) electrons. The maximum absolute atomic E-state index is 12.4. The number of carbonyl (C=O) groups is 3. The molecule has 2 atom stereocenters. The van der Waals surface area contributed by atoms with Gasteiger partial charge in [-0.1, -0.05) is 24.2 Å². The Labute approximate surface area is 164 Å². The molecule has 10 heteroatoms. The highest BCUT2D eigenvalue weighted by Gasteiger charge is 2.47. The second kappa shape index (κ2) is 7.42. The first-order valence-corrected chi connectivity index (χ1v) is 10.1. The van der Waals surface area contributed by atoms with E-state index in [1.54, 1.807) is 6.92 Å². The minimum atomic E-state index is -0.522. The SMILES string of the molecule is Cc1cc(=O)n2nc(COC(=O)CCN3C(=O)[C@H]4CCCC[C@H]4C3=O)sc2n1. The van der Waals surface area contributed by atoms with Gasteiger partial charge in [-0.3, -0.25) is 24.1 Å². The predicted molar refractivity (Wildman–Crippen MR) is 98.5 cm³/mol. The molecule has 1 aliphatic heterocycles. The molecule has 2 aromatic heterocycles. The number of amides is 2. The summed E-state index contributed by atoms with van der Waals surface area (Å²) in [5, 5.41) is 4.55. The highest BCUT2D eigenvalue weighted by atomic mass is 32.1. The second-order valence-corrected chi connectivity index (χ2v) is 8.20. The fourth-order valence-electron chi connectivity index (χ4n) is 3.89. The fraction of sp³-hybridized carbons (Fsp3) is 0.556. The number of aryl methyl sites for hydroxylation is 1. The van der Waals surface area contributed by atoms with E-state index in [0.717, 1.165) is 25.7 Å². The first-order chi connectivity index (χ1) is 13.4. The zero-order valence-corrected chi connectivity index (χ0v) is 16.2. The number of carbonyl (C=O) groups excluding carboxylic acids is 3. The summed E-state index contributed by atoms with van der Waals surface area (Å²) >= 11 is 1.17. The molecule has 9 nitrogen and oxygen atoms in total.